The molecule has 0 aromatic heterocycles. The first-order valence-corrected chi connectivity index (χ1v) is 11.6. The predicted molar refractivity (Wildman–Crippen MR) is 118 cm³/mol. The van der Waals surface area contributed by atoms with Gasteiger partial charge < -0.3 is 5.11 Å². The number of Topliss-reactive ketones (excluding diaryl/α,β-unsaturated/α-hetero) is 1. The van der Waals surface area contributed by atoms with Gasteiger partial charge in [0.05, 0.1) is 6.10 Å². The number of carbonyl (C=O) groups is 1. The van der Waals surface area contributed by atoms with E-state index in [0.29, 0.717) is 23.5 Å². The Morgan fingerprint density at radius 3 is 2.52 bits per heavy atom. The zero-order chi connectivity index (χ0) is 20.4. The molecule has 0 radical (unpaired) electrons. The molecule has 6 atom stereocenters. The second kappa shape index (κ2) is 6.82. The summed E-state index contributed by atoms with van der Waals surface area (Å²) in [5, 5.41) is 10.9. The molecule has 0 saturated heterocycles. The van der Waals surface area contributed by atoms with Crippen LogP contribution in [0.1, 0.15) is 64.4 Å². The number of rotatable bonds is 1. The summed E-state index contributed by atoms with van der Waals surface area (Å²) in [6.07, 6.45) is 11.3. The normalized spacial score (nSPS) is 42.8. The van der Waals surface area contributed by atoms with E-state index in [0.717, 1.165) is 61.1 Å². The van der Waals surface area contributed by atoms with E-state index in [4.69, 9.17) is 11.6 Å². The lowest BCUT2D eigenvalue weighted by atomic mass is 9.48. The number of aliphatic hydroxyl groups excluding tert-OH is 1. The van der Waals surface area contributed by atoms with Crippen molar-refractivity contribution in [2.75, 3.05) is 0 Å². The summed E-state index contributed by atoms with van der Waals surface area (Å²) in [4.78, 5) is 13.5. The lowest BCUT2D eigenvalue weighted by Crippen LogP contribution is -2.50. The van der Waals surface area contributed by atoms with Crippen molar-refractivity contribution in [2.45, 2.75) is 64.9 Å². The minimum Gasteiger partial charge on any atom is -0.393 e. The van der Waals surface area contributed by atoms with Crippen LogP contribution in [-0.4, -0.2) is 17.0 Å². The topological polar surface area (TPSA) is 37.3 Å². The fourth-order valence-corrected chi connectivity index (χ4v) is 7.33. The molecule has 0 unspecified atom stereocenters. The minimum absolute atomic E-state index is 0.165. The highest BCUT2D eigenvalue weighted by atomic mass is 35.5. The van der Waals surface area contributed by atoms with Crippen LogP contribution in [0.15, 0.2) is 41.5 Å². The first-order chi connectivity index (χ1) is 13.8. The number of allylic oxidation sites excluding steroid dienone is 2. The van der Waals surface area contributed by atoms with Gasteiger partial charge in [-0.2, -0.15) is 0 Å². The van der Waals surface area contributed by atoms with Crippen LogP contribution in [0.25, 0.3) is 6.08 Å². The van der Waals surface area contributed by atoms with Gasteiger partial charge in [0.1, 0.15) is 0 Å². The number of fused-ring (bicyclic) bond motifs is 5. The van der Waals surface area contributed by atoms with Gasteiger partial charge in [-0.25, -0.2) is 0 Å². The highest BCUT2D eigenvalue weighted by Crippen LogP contribution is 2.64. The van der Waals surface area contributed by atoms with Gasteiger partial charge >= 0.3 is 0 Å². The van der Waals surface area contributed by atoms with Crippen LogP contribution in [0.2, 0.25) is 5.02 Å². The highest BCUT2D eigenvalue weighted by molar-refractivity contribution is 6.30. The Hall–Kier alpha value is -1.38. The quantitative estimate of drug-likeness (QED) is 0.440. The molecule has 0 aliphatic heterocycles. The second-order valence-corrected chi connectivity index (χ2v) is 10.8. The van der Waals surface area contributed by atoms with Crippen molar-refractivity contribution in [3.63, 3.8) is 0 Å². The molecule has 1 N–H and O–H groups in total. The molecule has 154 valence electrons. The monoisotopic (exact) mass is 410 g/mol. The smallest absolute Gasteiger partial charge is 0.165 e. The standard InChI is InChI=1S/C26H31ClO2/c1-25-11-9-20(28)15-18(25)5-8-21-22(25)10-12-26(2)23(21)14-17(24(26)29)13-16-3-6-19(27)7-4-16/h3-7,13,20-23,28H,8-12,14-15H2,1-2H3/b17-13+/t20-,21-,22+,23+,25-,26-/m0/s1. The van der Waals surface area contributed by atoms with Crippen LogP contribution in [0.3, 0.4) is 0 Å². The highest BCUT2D eigenvalue weighted by Gasteiger charge is 2.59. The maximum absolute atomic E-state index is 13.5. The first-order valence-electron chi connectivity index (χ1n) is 11.2. The van der Waals surface area contributed by atoms with E-state index in [9.17, 15) is 9.90 Å². The van der Waals surface area contributed by atoms with Gasteiger partial charge in [0, 0.05) is 10.4 Å². The van der Waals surface area contributed by atoms with Crippen molar-refractivity contribution in [1.29, 1.82) is 0 Å². The Balaban J connectivity index is 1.47. The molecule has 4 aliphatic rings. The molecule has 0 amide bonds. The fourth-order valence-electron chi connectivity index (χ4n) is 7.20. The molecular weight excluding hydrogens is 380 g/mol. The molecular formula is C26H31ClO2. The number of halogens is 1. The molecule has 4 aliphatic carbocycles. The molecule has 3 saturated carbocycles. The van der Waals surface area contributed by atoms with E-state index in [1.807, 2.05) is 24.3 Å². The van der Waals surface area contributed by atoms with Crippen LogP contribution >= 0.6 is 11.6 Å². The Morgan fingerprint density at radius 1 is 1.03 bits per heavy atom. The Kier molecular flexibility index (Phi) is 4.60. The number of hydrogen-bond acceptors (Lipinski definition) is 2. The van der Waals surface area contributed by atoms with Crippen molar-refractivity contribution in [2.24, 2.45) is 28.6 Å². The minimum atomic E-state index is -0.213. The van der Waals surface area contributed by atoms with E-state index in [1.54, 1.807) is 0 Å². The number of ketones is 1. The average Bonchev–Trinajstić information content (AvgIpc) is 2.95. The molecule has 3 fully saturated rings. The zero-order valence-corrected chi connectivity index (χ0v) is 18.2. The van der Waals surface area contributed by atoms with Crippen molar-refractivity contribution >= 4 is 23.5 Å². The van der Waals surface area contributed by atoms with E-state index in [-0.39, 0.29) is 16.9 Å². The Labute approximate surface area is 179 Å². The summed E-state index contributed by atoms with van der Waals surface area (Å²) in [6.45, 7) is 4.66. The maximum atomic E-state index is 13.5. The Morgan fingerprint density at radius 2 is 1.76 bits per heavy atom. The summed E-state index contributed by atoms with van der Waals surface area (Å²) < 4.78 is 0. The summed E-state index contributed by atoms with van der Waals surface area (Å²) >= 11 is 6.02. The van der Waals surface area contributed by atoms with Gasteiger partial charge in [-0.3, -0.25) is 4.79 Å². The van der Waals surface area contributed by atoms with Crippen LogP contribution in [0, 0.1) is 28.6 Å². The molecule has 0 bridgehead atoms. The average molecular weight is 411 g/mol. The molecule has 1 aromatic carbocycles. The summed E-state index contributed by atoms with van der Waals surface area (Å²) in [7, 11) is 0. The van der Waals surface area contributed by atoms with Gasteiger partial charge in [0.15, 0.2) is 5.78 Å². The first kappa shape index (κ1) is 19.6. The predicted octanol–water partition coefficient (Wildman–Crippen LogP) is 6.23. The third-order valence-corrected chi connectivity index (χ3v) is 9.18. The zero-order valence-electron chi connectivity index (χ0n) is 17.5. The van der Waals surface area contributed by atoms with Gasteiger partial charge in [0.25, 0.3) is 0 Å². The molecule has 0 spiro atoms. The van der Waals surface area contributed by atoms with E-state index in [1.165, 1.54) is 5.57 Å². The van der Waals surface area contributed by atoms with Crippen LogP contribution in [0.5, 0.6) is 0 Å². The lowest BCUT2D eigenvalue weighted by Gasteiger charge is -2.56. The third kappa shape index (κ3) is 2.98. The van der Waals surface area contributed by atoms with Crippen molar-refractivity contribution < 1.29 is 9.90 Å². The van der Waals surface area contributed by atoms with Gasteiger partial charge in [-0.15, -0.1) is 0 Å². The van der Waals surface area contributed by atoms with E-state index < -0.39 is 0 Å². The molecule has 5 rings (SSSR count). The van der Waals surface area contributed by atoms with E-state index in [2.05, 4.69) is 26.0 Å². The van der Waals surface area contributed by atoms with Crippen molar-refractivity contribution in [1.82, 2.24) is 0 Å². The van der Waals surface area contributed by atoms with Gasteiger partial charge in [-0.1, -0.05) is 49.2 Å². The number of benzene rings is 1. The fraction of sp³-hybridized carbons (Fsp3) is 0.577. The number of hydrogen-bond donors (Lipinski definition) is 1. The van der Waals surface area contributed by atoms with Crippen LogP contribution < -0.4 is 0 Å². The molecule has 0 heterocycles. The number of aliphatic hydroxyl groups is 1. The summed E-state index contributed by atoms with van der Waals surface area (Å²) in [6, 6.07) is 7.79. The molecule has 3 heteroatoms. The van der Waals surface area contributed by atoms with Crippen molar-refractivity contribution in [3.05, 3.63) is 52.1 Å². The summed E-state index contributed by atoms with van der Waals surface area (Å²) in [5.41, 5.74) is 3.56. The second-order valence-electron chi connectivity index (χ2n) is 10.4. The Bertz CT molecular complexity index is 898. The summed E-state index contributed by atoms with van der Waals surface area (Å²) in [5.74, 6) is 2.04. The van der Waals surface area contributed by atoms with Crippen LogP contribution in [-0.2, 0) is 4.79 Å². The van der Waals surface area contributed by atoms with E-state index >= 15 is 0 Å². The largest absolute Gasteiger partial charge is 0.393 e. The maximum Gasteiger partial charge on any atom is 0.165 e. The molecule has 1 aromatic rings. The number of carbonyl (C=O) groups excluding carboxylic acids is 1. The van der Waals surface area contributed by atoms with Gasteiger partial charge in [-0.05, 0) is 97.5 Å². The third-order valence-electron chi connectivity index (χ3n) is 8.93. The van der Waals surface area contributed by atoms with Crippen molar-refractivity contribution in [3.8, 4) is 0 Å². The lowest BCUT2D eigenvalue weighted by molar-refractivity contribution is -0.130. The van der Waals surface area contributed by atoms with Gasteiger partial charge in [0.2, 0.25) is 0 Å². The molecule has 2 nitrogen and oxygen atoms in total. The molecule has 29 heavy (non-hydrogen) atoms. The van der Waals surface area contributed by atoms with Crippen LogP contribution in [0.4, 0.5) is 0 Å². The SMILES string of the molecule is C[C@]12CC[C@H](O)CC1=CC[C@H]1[C@H]2CC[C@]2(C)C(=O)/C(=C/c3ccc(Cl)cc3)C[C@H]12.